The highest BCUT2D eigenvalue weighted by molar-refractivity contribution is 7.11. The number of alkyl halides is 2. The number of nitrogens with one attached hydrogen (secondary N) is 1. The molecule has 1 heterocycles. The van der Waals surface area contributed by atoms with E-state index in [4.69, 9.17) is 0 Å². The zero-order chi connectivity index (χ0) is 13.0. The molecule has 0 atom stereocenters. The third kappa shape index (κ3) is 3.43. The van der Waals surface area contributed by atoms with Gasteiger partial charge in [0.15, 0.2) is 0 Å². The molecule has 18 heavy (non-hydrogen) atoms. The van der Waals surface area contributed by atoms with Gasteiger partial charge in [0.1, 0.15) is 5.75 Å². The van der Waals surface area contributed by atoms with Crippen molar-refractivity contribution in [3.05, 3.63) is 46.2 Å². The molecule has 2 rings (SSSR count). The molecule has 0 aliphatic heterocycles. The van der Waals surface area contributed by atoms with Crippen LogP contribution in [-0.2, 0) is 6.54 Å². The summed E-state index contributed by atoms with van der Waals surface area (Å²) < 4.78 is 28.9. The first-order valence-corrected chi connectivity index (χ1v) is 6.30. The van der Waals surface area contributed by atoms with E-state index in [0.29, 0.717) is 12.2 Å². The topological polar surface area (TPSA) is 21.3 Å². The summed E-state index contributed by atoms with van der Waals surface area (Å²) in [4.78, 5) is 2.38. The Kier molecular flexibility index (Phi) is 4.15. The van der Waals surface area contributed by atoms with Crippen LogP contribution in [0.25, 0.3) is 0 Å². The summed E-state index contributed by atoms with van der Waals surface area (Å²) in [6.07, 6.45) is 0. The van der Waals surface area contributed by atoms with Gasteiger partial charge in [-0.3, -0.25) is 0 Å². The highest BCUT2D eigenvalue weighted by atomic mass is 32.1. The lowest BCUT2D eigenvalue weighted by atomic mass is 10.3. The first kappa shape index (κ1) is 12.8. The number of anilines is 1. The molecule has 0 bridgehead atoms. The summed E-state index contributed by atoms with van der Waals surface area (Å²) in [6.45, 7) is -0.179. The average Bonchev–Trinajstić information content (AvgIpc) is 2.73. The van der Waals surface area contributed by atoms with Crippen molar-refractivity contribution in [2.75, 3.05) is 5.32 Å². The molecule has 0 saturated heterocycles. The number of halogens is 2. The van der Waals surface area contributed by atoms with Crippen LogP contribution in [0.2, 0.25) is 0 Å². The molecule has 0 aliphatic carbocycles. The fraction of sp³-hybridized carbons (Fsp3) is 0.231. The second kappa shape index (κ2) is 5.82. The molecular formula is C13H13F2NOS. The van der Waals surface area contributed by atoms with Gasteiger partial charge in [0.2, 0.25) is 0 Å². The first-order chi connectivity index (χ1) is 8.65. The van der Waals surface area contributed by atoms with Crippen LogP contribution >= 0.6 is 11.3 Å². The number of thiophene rings is 1. The van der Waals surface area contributed by atoms with E-state index in [1.807, 2.05) is 19.1 Å². The van der Waals surface area contributed by atoms with Crippen LogP contribution in [0.5, 0.6) is 5.75 Å². The molecule has 0 aliphatic rings. The Labute approximate surface area is 108 Å². The number of hydrogen-bond donors (Lipinski definition) is 1. The van der Waals surface area contributed by atoms with Crippen LogP contribution in [0, 0.1) is 6.92 Å². The van der Waals surface area contributed by atoms with Gasteiger partial charge in [-0.2, -0.15) is 8.78 Å². The largest absolute Gasteiger partial charge is 0.433 e. The third-order valence-electron chi connectivity index (χ3n) is 2.35. The van der Waals surface area contributed by atoms with Crippen LogP contribution in [0.1, 0.15) is 9.75 Å². The summed E-state index contributed by atoms with van der Waals surface area (Å²) in [6, 6.07) is 10.7. The molecule has 5 heteroatoms. The molecule has 0 spiro atoms. The van der Waals surface area contributed by atoms with Crippen molar-refractivity contribution in [1.29, 1.82) is 0 Å². The monoisotopic (exact) mass is 269 g/mol. The molecule has 1 aromatic carbocycles. The maximum absolute atomic E-state index is 12.2. The van der Waals surface area contributed by atoms with Crippen LogP contribution < -0.4 is 10.1 Å². The lowest BCUT2D eigenvalue weighted by Crippen LogP contribution is -2.06. The van der Waals surface area contributed by atoms with Crippen LogP contribution in [0.15, 0.2) is 36.4 Å². The molecule has 0 fully saturated rings. The van der Waals surface area contributed by atoms with Crippen molar-refractivity contribution in [1.82, 2.24) is 0 Å². The summed E-state index contributed by atoms with van der Waals surface area (Å²) in [5, 5.41) is 3.10. The predicted molar refractivity (Wildman–Crippen MR) is 69.5 cm³/mol. The molecule has 96 valence electrons. The van der Waals surface area contributed by atoms with Crippen molar-refractivity contribution in [2.45, 2.75) is 20.1 Å². The number of ether oxygens (including phenoxy) is 1. The van der Waals surface area contributed by atoms with Gasteiger partial charge in [0.25, 0.3) is 0 Å². The van der Waals surface area contributed by atoms with Crippen LogP contribution in [-0.4, -0.2) is 6.61 Å². The Morgan fingerprint density at radius 3 is 2.67 bits per heavy atom. The average molecular weight is 269 g/mol. The molecule has 0 amide bonds. The number of para-hydroxylation sites is 2. The maximum Gasteiger partial charge on any atom is 0.387 e. The van der Waals surface area contributed by atoms with Gasteiger partial charge in [0.05, 0.1) is 5.69 Å². The Bertz CT molecular complexity index is 513. The number of rotatable bonds is 5. The fourth-order valence-electron chi connectivity index (χ4n) is 1.57. The summed E-state index contributed by atoms with van der Waals surface area (Å²) >= 11 is 1.68. The zero-order valence-corrected chi connectivity index (χ0v) is 10.6. The highest BCUT2D eigenvalue weighted by Gasteiger charge is 2.08. The smallest absolute Gasteiger partial charge is 0.387 e. The summed E-state index contributed by atoms with van der Waals surface area (Å²) in [5.74, 6) is 0.167. The van der Waals surface area contributed by atoms with E-state index in [9.17, 15) is 8.78 Å². The third-order valence-corrected chi connectivity index (χ3v) is 3.35. The van der Waals surface area contributed by atoms with Gasteiger partial charge in [-0.05, 0) is 31.2 Å². The molecule has 1 N–H and O–H groups in total. The molecule has 1 aromatic heterocycles. The first-order valence-electron chi connectivity index (χ1n) is 5.48. The van der Waals surface area contributed by atoms with E-state index >= 15 is 0 Å². The Morgan fingerprint density at radius 2 is 2.00 bits per heavy atom. The summed E-state index contributed by atoms with van der Waals surface area (Å²) in [5.41, 5.74) is 0.573. The molecule has 0 radical (unpaired) electrons. The van der Waals surface area contributed by atoms with Crippen molar-refractivity contribution in [3.8, 4) is 5.75 Å². The van der Waals surface area contributed by atoms with E-state index in [2.05, 4.69) is 10.1 Å². The SMILES string of the molecule is Cc1ccc(CNc2ccccc2OC(F)F)s1. The van der Waals surface area contributed by atoms with Gasteiger partial charge >= 0.3 is 6.61 Å². The Balaban J connectivity index is 2.04. The molecular weight excluding hydrogens is 256 g/mol. The molecule has 2 aromatic rings. The van der Waals surface area contributed by atoms with Gasteiger partial charge in [-0.15, -0.1) is 11.3 Å². The van der Waals surface area contributed by atoms with E-state index in [-0.39, 0.29) is 5.75 Å². The number of hydrogen-bond acceptors (Lipinski definition) is 3. The fourth-order valence-corrected chi connectivity index (χ4v) is 2.40. The zero-order valence-electron chi connectivity index (χ0n) is 9.82. The minimum absolute atomic E-state index is 0.167. The van der Waals surface area contributed by atoms with Crippen molar-refractivity contribution in [3.63, 3.8) is 0 Å². The Morgan fingerprint density at radius 1 is 1.22 bits per heavy atom. The second-order valence-corrected chi connectivity index (χ2v) is 5.11. The quantitative estimate of drug-likeness (QED) is 0.875. The molecule has 0 saturated carbocycles. The van der Waals surface area contributed by atoms with E-state index < -0.39 is 6.61 Å². The van der Waals surface area contributed by atoms with E-state index in [1.165, 1.54) is 10.9 Å². The minimum atomic E-state index is -2.81. The van der Waals surface area contributed by atoms with Gasteiger partial charge in [0, 0.05) is 16.3 Å². The minimum Gasteiger partial charge on any atom is -0.433 e. The van der Waals surface area contributed by atoms with Crippen molar-refractivity contribution in [2.24, 2.45) is 0 Å². The van der Waals surface area contributed by atoms with Gasteiger partial charge < -0.3 is 10.1 Å². The summed E-state index contributed by atoms with van der Waals surface area (Å²) in [7, 11) is 0. The lowest BCUT2D eigenvalue weighted by molar-refractivity contribution is -0.0493. The van der Waals surface area contributed by atoms with Crippen LogP contribution in [0.4, 0.5) is 14.5 Å². The van der Waals surface area contributed by atoms with Gasteiger partial charge in [-0.25, -0.2) is 0 Å². The molecule has 2 nitrogen and oxygen atoms in total. The highest BCUT2D eigenvalue weighted by Crippen LogP contribution is 2.26. The van der Waals surface area contributed by atoms with Crippen molar-refractivity contribution >= 4 is 17.0 Å². The van der Waals surface area contributed by atoms with E-state index in [0.717, 1.165) is 4.88 Å². The maximum atomic E-state index is 12.2. The molecule has 0 unspecified atom stereocenters. The standard InChI is InChI=1S/C13H13F2NOS/c1-9-6-7-10(18-9)8-16-11-4-2-3-5-12(11)17-13(14)15/h2-7,13,16H,8H2,1H3. The Hall–Kier alpha value is -1.62. The number of benzene rings is 1. The van der Waals surface area contributed by atoms with Gasteiger partial charge in [-0.1, -0.05) is 12.1 Å². The number of aryl methyl sites for hydroxylation is 1. The van der Waals surface area contributed by atoms with E-state index in [1.54, 1.807) is 29.5 Å². The lowest BCUT2D eigenvalue weighted by Gasteiger charge is -2.11. The van der Waals surface area contributed by atoms with Crippen LogP contribution in [0.3, 0.4) is 0 Å². The normalized spacial score (nSPS) is 10.7. The predicted octanol–water partition coefficient (Wildman–Crippen LogP) is 4.27. The van der Waals surface area contributed by atoms with Crippen molar-refractivity contribution < 1.29 is 13.5 Å². The second-order valence-electron chi connectivity index (χ2n) is 3.74.